The summed E-state index contributed by atoms with van der Waals surface area (Å²) in [6.45, 7) is 11.1. The molecule has 0 bridgehead atoms. The van der Waals surface area contributed by atoms with E-state index in [1.807, 2.05) is 6.08 Å². The molecular weight excluding hydrogens is 332 g/mol. The van der Waals surface area contributed by atoms with Crippen LogP contribution >= 0.6 is 0 Å². The molecule has 0 spiro atoms. The van der Waals surface area contributed by atoms with E-state index >= 15 is 0 Å². The van der Waals surface area contributed by atoms with Crippen LogP contribution in [-0.4, -0.2) is 17.0 Å². The van der Waals surface area contributed by atoms with E-state index in [0.29, 0.717) is 29.5 Å². The van der Waals surface area contributed by atoms with Gasteiger partial charge < -0.3 is 5.11 Å². The first-order valence-electron chi connectivity index (χ1n) is 11.3. The fourth-order valence-corrected chi connectivity index (χ4v) is 8.03. The van der Waals surface area contributed by atoms with Gasteiger partial charge in [-0.1, -0.05) is 38.5 Å². The summed E-state index contributed by atoms with van der Waals surface area (Å²) in [4.78, 5) is 12.0. The molecule has 2 heteroatoms. The summed E-state index contributed by atoms with van der Waals surface area (Å²) >= 11 is 0. The summed E-state index contributed by atoms with van der Waals surface area (Å²) in [6, 6.07) is 0. The summed E-state index contributed by atoms with van der Waals surface area (Å²) in [5, 5.41) is 10.6. The number of Topliss-reactive ketones (excluding diaryl/α,β-unsaturated/α-hetero) is 1. The van der Waals surface area contributed by atoms with Gasteiger partial charge in [0.1, 0.15) is 5.78 Å². The maximum absolute atomic E-state index is 12.0. The van der Waals surface area contributed by atoms with Crippen molar-refractivity contribution in [3.63, 3.8) is 0 Å². The Morgan fingerprint density at radius 3 is 2.78 bits per heavy atom. The molecule has 3 fully saturated rings. The van der Waals surface area contributed by atoms with Gasteiger partial charge in [-0.15, -0.1) is 6.58 Å². The van der Waals surface area contributed by atoms with E-state index in [1.165, 1.54) is 37.7 Å². The van der Waals surface area contributed by atoms with Crippen LogP contribution in [0, 0.1) is 40.4 Å². The third-order valence-electron chi connectivity index (χ3n) is 9.66. The van der Waals surface area contributed by atoms with Crippen LogP contribution in [0.1, 0.15) is 78.6 Å². The van der Waals surface area contributed by atoms with Crippen molar-refractivity contribution in [2.75, 3.05) is 0 Å². The molecule has 4 rings (SSSR count). The Bertz CT molecular complexity index is 649. The van der Waals surface area contributed by atoms with Gasteiger partial charge in [0.2, 0.25) is 0 Å². The standard InChI is InChI=1S/C25H38O2/c1-5-6-23(27)16(2)20-9-10-21-19-8-7-17-15-18(26)11-13-24(17,3)22(19)12-14-25(20,21)4/h5,7,16,19-23,27H,1,6,8-15H2,2-4H3/t16-,19-,20?,21-,22-,23-,24-,25+/m0/s1. The monoisotopic (exact) mass is 370 g/mol. The first-order chi connectivity index (χ1) is 12.8. The van der Waals surface area contributed by atoms with Gasteiger partial charge in [-0.2, -0.15) is 0 Å². The van der Waals surface area contributed by atoms with E-state index in [2.05, 4.69) is 33.4 Å². The molecule has 1 N–H and O–H groups in total. The van der Waals surface area contributed by atoms with Gasteiger partial charge in [0.15, 0.2) is 0 Å². The van der Waals surface area contributed by atoms with Crippen molar-refractivity contribution in [3.8, 4) is 0 Å². The van der Waals surface area contributed by atoms with E-state index in [1.54, 1.807) is 0 Å². The van der Waals surface area contributed by atoms with E-state index in [-0.39, 0.29) is 11.5 Å². The highest BCUT2D eigenvalue weighted by Crippen LogP contribution is 2.67. The van der Waals surface area contributed by atoms with Gasteiger partial charge >= 0.3 is 0 Å². The van der Waals surface area contributed by atoms with Gasteiger partial charge in [0.25, 0.3) is 0 Å². The summed E-state index contributed by atoms with van der Waals surface area (Å²) in [7, 11) is 0. The van der Waals surface area contributed by atoms with Crippen LogP contribution in [-0.2, 0) is 4.79 Å². The van der Waals surface area contributed by atoms with Crippen LogP contribution in [0.25, 0.3) is 0 Å². The quantitative estimate of drug-likeness (QED) is 0.644. The fraction of sp³-hybridized carbons (Fsp3) is 0.800. The van der Waals surface area contributed by atoms with E-state index in [0.717, 1.165) is 37.0 Å². The van der Waals surface area contributed by atoms with Crippen molar-refractivity contribution < 1.29 is 9.90 Å². The van der Waals surface area contributed by atoms with Crippen LogP contribution in [0.5, 0.6) is 0 Å². The molecule has 0 aromatic carbocycles. The minimum Gasteiger partial charge on any atom is -0.393 e. The first kappa shape index (κ1) is 19.4. The van der Waals surface area contributed by atoms with Gasteiger partial charge in [-0.3, -0.25) is 4.79 Å². The Labute approximate surface area is 165 Å². The minimum atomic E-state index is -0.250. The predicted molar refractivity (Wildman–Crippen MR) is 110 cm³/mol. The highest BCUT2D eigenvalue weighted by Gasteiger charge is 2.59. The van der Waals surface area contributed by atoms with Crippen molar-refractivity contribution in [1.82, 2.24) is 0 Å². The third-order valence-corrected chi connectivity index (χ3v) is 9.66. The van der Waals surface area contributed by atoms with Crippen LogP contribution in [0.3, 0.4) is 0 Å². The fourth-order valence-electron chi connectivity index (χ4n) is 8.03. The van der Waals surface area contributed by atoms with Crippen molar-refractivity contribution in [3.05, 3.63) is 24.3 Å². The Kier molecular flexibility index (Phi) is 4.94. The van der Waals surface area contributed by atoms with Gasteiger partial charge in [-0.05, 0) is 85.4 Å². The molecule has 0 heterocycles. The molecule has 4 aliphatic rings. The zero-order valence-corrected chi connectivity index (χ0v) is 17.5. The van der Waals surface area contributed by atoms with E-state index in [9.17, 15) is 9.90 Å². The van der Waals surface area contributed by atoms with Crippen LogP contribution in [0.4, 0.5) is 0 Å². The molecule has 1 unspecified atom stereocenters. The van der Waals surface area contributed by atoms with E-state index < -0.39 is 0 Å². The van der Waals surface area contributed by atoms with Gasteiger partial charge in [0.05, 0.1) is 6.10 Å². The number of rotatable bonds is 4. The van der Waals surface area contributed by atoms with Crippen molar-refractivity contribution in [1.29, 1.82) is 0 Å². The van der Waals surface area contributed by atoms with Crippen LogP contribution in [0.15, 0.2) is 24.3 Å². The first-order valence-corrected chi connectivity index (χ1v) is 11.3. The molecule has 8 atom stereocenters. The Hall–Kier alpha value is -0.890. The Morgan fingerprint density at radius 2 is 2.04 bits per heavy atom. The summed E-state index contributed by atoms with van der Waals surface area (Å²) in [5.74, 6) is 3.75. The van der Waals surface area contributed by atoms with Crippen LogP contribution < -0.4 is 0 Å². The molecule has 0 radical (unpaired) electrons. The second-order valence-corrected chi connectivity index (χ2v) is 10.7. The molecule has 4 aliphatic carbocycles. The van der Waals surface area contributed by atoms with Gasteiger partial charge in [-0.25, -0.2) is 0 Å². The maximum Gasteiger partial charge on any atom is 0.136 e. The molecule has 0 aromatic heterocycles. The zero-order valence-electron chi connectivity index (χ0n) is 17.5. The molecule has 150 valence electrons. The molecule has 0 aromatic rings. The number of hydrogen-bond acceptors (Lipinski definition) is 2. The second-order valence-electron chi connectivity index (χ2n) is 10.7. The lowest BCUT2D eigenvalue weighted by atomic mass is 9.47. The molecule has 3 saturated carbocycles. The summed E-state index contributed by atoms with van der Waals surface area (Å²) < 4.78 is 0. The van der Waals surface area contributed by atoms with Crippen molar-refractivity contribution >= 4 is 5.78 Å². The molecule has 0 saturated heterocycles. The zero-order chi connectivity index (χ0) is 19.4. The number of carbonyl (C=O) groups is 1. The molecule has 2 nitrogen and oxygen atoms in total. The molecule has 27 heavy (non-hydrogen) atoms. The lowest BCUT2D eigenvalue weighted by molar-refractivity contribution is -0.122. The number of fused-ring (bicyclic) bond motifs is 5. The lowest BCUT2D eigenvalue weighted by Crippen LogP contribution is -2.51. The molecular formula is C25H38O2. The minimum absolute atomic E-state index is 0.250. The number of allylic oxidation sites excluding steroid dienone is 2. The number of carbonyl (C=O) groups excluding carboxylic acids is 1. The second kappa shape index (κ2) is 6.87. The summed E-state index contributed by atoms with van der Waals surface area (Å²) in [5.41, 5.74) is 2.10. The average molecular weight is 371 g/mol. The highest BCUT2D eigenvalue weighted by atomic mass is 16.3. The third kappa shape index (κ3) is 2.89. The van der Waals surface area contributed by atoms with Crippen LogP contribution in [0.2, 0.25) is 0 Å². The van der Waals surface area contributed by atoms with Gasteiger partial charge in [0, 0.05) is 12.8 Å². The number of aliphatic hydroxyl groups excluding tert-OH is 1. The molecule has 0 aliphatic heterocycles. The number of hydrogen-bond donors (Lipinski definition) is 1. The average Bonchev–Trinajstić information content (AvgIpc) is 2.99. The number of ketones is 1. The molecule has 0 amide bonds. The SMILES string of the molecule is C=CC[C@H](O)[C@@H](C)C1CC[C@H]2[C@@H]3CC=C4CC(=O)CC[C@]4(C)[C@H]3CC[C@]12C. The van der Waals surface area contributed by atoms with Crippen molar-refractivity contribution in [2.45, 2.75) is 84.7 Å². The smallest absolute Gasteiger partial charge is 0.136 e. The van der Waals surface area contributed by atoms with Crippen molar-refractivity contribution in [2.24, 2.45) is 40.4 Å². The maximum atomic E-state index is 12.0. The predicted octanol–water partition coefficient (Wildman–Crippen LogP) is 5.71. The highest BCUT2D eigenvalue weighted by molar-refractivity contribution is 5.82. The summed E-state index contributed by atoms with van der Waals surface area (Å²) in [6.07, 6.45) is 13.7. The lowest BCUT2D eigenvalue weighted by Gasteiger charge is -2.58. The Morgan fingerprint density at radius 1 is 1.26 bits per heavy atom. The topological polar surface area (TPSA) is 37.3 Å². The number of aliphatic hydroxyl groups is 1. The van der Waals surface area contributed by atoms with E-state index in [4.69, 9.17) is 0 Å². The Balaban J connectivity index is 1.59. The normalized spacial score (nSPS) is 45.9. The largest absolute Gasteiger partial charge is 0.393 e.